The van der Waals surface area contributed by atoms with Crippen LogP contribution in [-0.4, -0.2) is 40.9 Å². The van der Waals surface area contributed by atoms with Gasteiger partial charge in [0.15, 0.2) is 0 Å². The van der Waals surface area contributed by atoms with Crippen molar-refractivity contribution < 1.29 is 19.5 Å². The van der Waals surface area contributed by atoms with Crippen molar-refractivity contribution in [2.45, 2.75) is 20.8 Å². The van der Waals surface area contributed by atoms with E-state index in [-0.39, 0.29) is 29.9 Å². The smallest absolute Gasteiger partial charge is 0.313 e. The van der Waals surface area contributed by atoms with E-state index in [2.05, 4.69) is 10.6 Å². The molecule has 0 spiro atoms. The van der Waals surface area contributed by atoms with Gasteiger partial charge in [0, 0.05) is 5.69 Å². The van der Waals surface area contributed by atoms with Gasteiger partial charge in [-0.05, 0) is 31.9 Å². The summed E-state index contributed by atoms with van der Waals surface area (Å²) in [5, 5.41) is 13.7. The number of anilines is 1. The molecule has 0 aromatic heterocycles. The third-order valence-corrected chi connectivity index (χ3v) is 3.76. The van der Waals surface area contributed by atoms with Gasteiger partial charge in [-0.2, -0.15) is 0 Å². The minimum Gasteiger partial charge on any atom is -0.481 e. The van der Waals surface area contributed by atoms with Crippen molar-refractivity contribution in [1.29, 1.82) is 0 Å². The molecule has 0 atom stereocenters. The number of carboxylic acids is 1. The summed E-state index contributed by atoms with van der Waals surface area (Å²) in [6.45, 7) is 5.67. The lowest BCUT2D eigenvalue weighted by molar-refractivity contribution is -0.133. The maximum atomic E-state index is 11.9. The van der Waals surface area contributed by atoms with E-state index in [1.807, 2.05) is 32.9 Å². The molecule has 1 rings (SSSR count). The highest BCUT2D eigenvalue weighted by atomic mass is 32.2. The van der Waals surface area contributed by atoms with Crippen LogP contribution in [0.1, 0.15) is 16.7 Å². The van der Waals surface area contributed by atoms with E-state index in [1.54, 1.807) is 0 Å². The van der Waals surface area contributed by atoms with Gasteiger partial charge >= 0.3 is 5.97 Å². The monoisotopic (exact) mass is 324 g/mol. The number of carboxylic acid groups (broad SMARTS) is 1. The fraction of sp³-hybridized carbons (Fsp3) is 0.400. The Bertz CT molecular complexity index is 564. The number of aliphatic carboxylic acids is 1. The molecule has 0 bridgehead atoms. The Morgan fingerprint density at radius 1 is 1.05 bits per heavy atom. The van der Waals surface area contributed by atoms with E-state index in [0.717, 1.165) is 34.1 Å². The molecule has 0 radical (unpaired) electrons. The first-order chi connectivity index (χ1) is 10.3. The molecule has 7 heteroatoms. The zero-order valence-corrected chi connectivity index (χ0v) is 13.7. The number of hydrogen-bond acceptors (Lipinski definition) is 4. The lowest BCUT2D eigenvalue weighted by Gasteiger charge is -2.13. The largest absolute Gasteiger partial charge is 0.481 e. The van der Waals surface area contributed by atoms with Crippen LogP contribution in [0.4, 0.5) is 5.69 Å². The molecule has 6 nitrogen and oxygen atoms in total. The second-order valence-electron chi connectivity index (χ2n) is 4.99. The molecule has 0 heterocycles. The van der Waals surface area contributed by atoms with Crippen molar-refractivity contribution in [3.8, 4) is 0 Å². The maximum Gasteiger partial charge on any atom is 0.313 e. The average molecular weight is 324 g/mol. The zero-order valence-electron chi connectivity index (χ0n) is 12.9. The minimum atomic E-state index is -0.971. The first-order valence-corrected chi connectivity index (χ1v) is 7.89. The van der Waals surface area contributed by atoms with Gasteiger partial charge in [0.05, 0.1) is 18.1 Å². The van der Waals surface area contributed by atoms with Crippen LogP contribution in [0, 0.1) is 20.8 Å². The molecule has 0 aliphatic rings. The van der Waals surface area contributed by atoms with Crippen LogP contribution in [0.5, 0.6) is 0 Å². The zero-order chi connectivity index (χ0) is 16.7. The van der Waals surface area contributed by atoms with Gasteiger partial charge in [0.1, 0.15) is 0 Å². The number of aryl methyl sites for hydroxylation is 3. The molecule has 0 saturated heterocycles. The fourth-order valence-corrected chi connectivity index (χ4v) is 2.59. The van der Waals surface area contributed by atoms with Crippen molar-refractivity contribution in [3.63, 3.8) is 0 Å². The summed E-state index contributed by atoms with van der Waals surface area (Å²) in [6, 6.07) is 3.95. The Morgan fingerprint density at radius 2 is 1.64 bits per heavy atom. The van der Waals surface area contributed by atoms with E-state index in [0.29, 0.717) is 0 Å². The maximum absolute atomic E-state index is 11.9. The summed E-state index contributed by atoms with van der Waals surface area (Å²) in [5.74, 6) is -1.77. The first-order valence-electron chi connectivity index (χ1n) is 6.73. The molecule has 0 aliphatic carbocycles. The normalized spacial score (nSPS) is 10.1. The van der Waals surface area contributed by atoms with Crippen molar-refractivity contribution in [2.24, 2.45) is 0 Å². The Morgan fingerprint density at radius 3 is 2.18 bits per heavy atom. The van der Waals surface area contributed by atoms with Crippen molar-refractivity contribution >= 4 is 35.2 Å². The van der Waals surface area contributed by atoms with E-state index in [4.69, 9.17) is 5.11 Å². The van der Waals surface area contributed by atoms with E-state index in [1.165, 1.54) is 0 Å². The lowest BCUT2D eigenvalue weighted by Crippen LogP contribution is -2.34. The predicted octanol–water partition coefficient (Wildman–Crippen LogP) is 1.48. The minimum absolute atomic E-state index is 0.0160. The molecular weight excluding hydrogens is 304 g/mol. The molecule has 1 aromatic carbocycles. The van der Waals surface area contributed by atoms with Gasteiger partial charge in [-0.3, -0.25) is 14.4 Å². The average Bonchev–Trinajstić information content (AvgIpc) is 2.40. The Labute approximate surface area is 133 Å². The van der Waals surface area contributed by atoms with E-state index < -0.39 is 5.97 Å². The number of nitrogens with one attached hydrogen (secondary N) is 2. The highest BCUT2D eigenvalue weighted by molar-refractivity contribution is 8.00. The molecule has 22 heavy (non-hydrogen) atoms. The third kappa shape index (κ3) is 6.17. The quantitative estimate of drug-likeness (QED) is 0.706. The van der Waals surface area contributed by atoms with E-state index in [9.17, 15) is 14.4 Å². The molecule has 0 saturated carbocycles. The van der Waals surface area contributed by atoms with Crippen LogP contribution in [-0.2, 0) is 14.4 Å². The molecule has 2 amide bonds. The number of rotatable bonds is 7. The summed E-state index contributed by atoms with van der Waals surface area (Å²) in [4.78, 5) is 33.6. The number of amides is 2. The van der Waals surface area contributed by atoms with Crippen LogP contribution in [0.25, 0.3) is 0 Å². The molecular formula is C15H20N2O4S. The first kappa shape index (κ1) is 18.0. The van der Waals surface area contributed by atoms with Crippen molar-refractivity contribution in [3.05, 3.63) is 28.8 Å². The van der Waals surface area contributed by atoms with Crippen LogP contribution < -0.4 is 10.6 Å². The van der Waals surface area contributed by atoms with Crippen molar-refractivity contribution in [2.75, 3.05) is 23.4 Å². The van der Waals surface area contributed by atoms with Gasteiger partial charge in [-0.15, -0.1) is 11.8 Å². The fourth-order valence-electron chi connectivity index (χ4n) is 2.02. The molecule has 0 fully saturated rings. The molecule has 1 aromatic rings. The topological polar surface area (TPSA) is 95.5 Å². The molecule has 0 aliphatic heterocycles. The SMILES string of the molecule is Cc1cc(C)c(NC(=O)CNC(=O)CSCC(=O)O)c(C)c1. The van der Waals surface area contributed by atoms with Crippen LogP contribution in [0.3, 0.4) is 0 Å². The Balaban J connectivity index is 2.44. The van der Waals surface area contributed by atoms with Crippen molar-refractivity contribution in [1.82, 2.24) is 5.32 Å². The van der Waals surface area contributed by atoms with Gasteiger partial charge in [-0.1, -0.05) is 17.7 Å². The third-order valence-electron chi connectivity index (χ3n) is 2.85. The second kappa shape index (κ2) is 8.43. The Kier molecular flexibility index (Phi) is 6.91. The highest BCUT2D eigenvalue weighted by Gasteiger charge is 2.10. The lowest BCUT2D eigenvalue weighted by atomic mass is 10.1. The number of carbonyl (C=O) groups is 3. The number of carbonyl (C=O) groups excluding carboxylic acids is 2. The van der Waals surface area contributed by atoms with Gasteiger partial charge < -0.3 is 15.7 Å². The number of thioether (sulfide) groups is 1. The van der Waals surface area contributed by atoms with Crippen LogP contribution >= 0.6 is 11.8 Å². The van der Waals surface area contributed by atoms with Gasteiger partial charge in [0.25, 0.3) is 0 Å². The Hall–Kier alpha value is -2.02. The predicted molar refractivity (Wildman–Crippen MR) is 87.3 cm³/mol. The number of hydrogen-bond donors (Lipinski definition) is 3. The summed E-state index contributed by atoms with van der Waals surface area (Å²) in [6.07, 6.45) is 0. The standard InChI is InChI=1S/C15H20N2O4S/c1-9-4-10(2)15(11(3)5-9)17-12(18)6-16-13(19)7-22-8-14(20)21/h4-5H,6-8H2,1-3H3,(H,16,19)(H,17,18)(H,20,21). The summed E-state index contributed by atoms with van der Waals surface area (Å²) in [7, 11) is 0. The second-order valence-corrected chi connectivity index (χ2v) is 5.97. The highest BCUT2D eigenvalue weighted by Crippen LogP contribution is 2.21. The number of benzene rings is 1. The molecule has 3 N–H and O–H groups in total. The summed E-state index contributed by atoms with van der Waals surface area (Å²) < 4.78 is 0. The van der Waals surface area contributed by atoms with Gasteiger partial charge in [0.2, 0.25) is 11.8 Å². The molecule has 120 valence electrons. The molecule has 0 unspecified atom stereocenters. The summed E-state index contributed by atoms with van der Waals surface area (Å²) in [5.41, 5.74) is 3.81. The van der Waals surface area contributed by atoms with Gasteiger partial charge in [-0.25, -0.2) is 0 Å². The van der Waals surface area contributed by atoms with Crippen LogP contribution in [0.2, 0.25) is 0 Å². The van der Waals surface area contributed by atoms with Crippen LogP contribution in [0.15, 0.2) is 12.1 Å². The van der Waals surface area contributed by atoms with E-state index >= 15 is 0 Å². The summed E-state index contributed by atoms with van der Waals surface area (Å²) >= 11 is 0.988.